The lowest BCUT2D eigenvalue weighted by Gasteiger charge is -2.12. The fraction of sp³-hybridized carbons (Fsp3) is 0.308. The molecular formula is C13H12F2N2O2. The Morgan fingerprint density at radius 2 is 1.95 bits per heavy atom. The predicted octanol–water partition coefficient (Wildman–Crippen LogP) is 2.85. The van der Waals surface area contributed by atoms with E-state index in [1.807, 2.05) is 19.9 Å². The van der Waals surface area contributed by atoms with Gasteiger partial charge in [0.1, 0.15) is 0 Å². The normalized spacial score (nSPS) is 20.8. The molecule has 0 radical (unpaired) electrons. The van der Waals surface area contributed by atoms with Gasteiger partial charge in [-0.15, -0.1) is 0 Å². The first-order chi connectivity index (χ1) is 9.00. The minimum atomic E-state index is -2.71. The van der Waals surface area contributed by atoms with Gasteiger partial charge in [-0.1, -0.05) is 0 Å². The molecule has 0 bridgehead atoms. The highest BCUT2D eigenvalue weighted by Crippen LogP contribution is 2.41. The molecule has 6 heteroatoms. The summed E-state index contributed by atoms with van der Waals surface area (Å²) in [6, 6.07) is 4.04. The van der Waals surface area contributed by atoms with E-state index in [0.29, 0.717) is 5.69 Å². The van der Waals surface area contributed by atoms with Gasteiger partial charge >= 0.3 is 6.04 Å². The zero-order chi connectivity index (χ0) is 13.6. The molecule has 1 aromatic carbocycles. The van der Waals surface area contributed by atoms with E-state index in [1.54, 1.807) is 16.8 Å². The molecule has 0 amide bonds. The lowest BCUT2D eigenvalue weighted by molar-refractivity contribution is -0.199. The van der Waals surface area contributed by atoms with Crippen molar-refractivity contribution in [2.45, 2.75) is 19.9 Å². The largest absolute Gasteiger partial charge is 0.437 e. The van der Waals surface area contributed by atoms with Gasteiger partial charge in [-0.3, -0.25) is 0 Å². The second-order valence-corrected chi connectivity index (χ2v) is 4.47. The third kappa shape index (κ3) is 1.93. The highest BCUT2D eigenvalue weighted by Gasteiger charge is 2.42. The first kappa shape index (κ1) is 12.0. The van der Waals surface area contributed by atoms with E-state index in [0.717, 1.165) is 11.4 Å². The van der Waals surface area contributed by atoms with Crippen molar-refractivity contribution in [1.82, 2.24) is 9.78 Å². The van der Waals surface area contributed by atoms with Crippen molar-refractivity contribution in [3.05, 3.63) is 35.7 Å². The van der Waals surface area contributed by atoms with E-state index in [9.17, 15) is 8.78 Å². The zero-order valence-electron chi connectivity index (χ0n) is 10.5. The molecule has 1 unspecified atom stereocenters. The van der Waals surface area contributed by atoms with Crippen molar-refractivity contribution in [3.63, 3.8) is 0 Å². The number of nitrogens with zero attached hydrogens (tertiary/aromatic N) is 2. The molecule has 1 atom stereocenters. The van der Waals surface area contributed by atoms with Gasteiger partial charge in [-0.05, 0) is 32.0 Å². The molecule has 1 aliphatic heterocycles. The van der Waals surface area contributed by atoms with Gasteiger partial charge in [0.05, 0.1) is 11.4 Å². The zero-order valence-corrected chi connectivity index (χ0v) is 10.5. The maximum absolute atomic E-state index is 13.6. The van der Waals surface area contributed by atoms with Gasteiger partial charge < -0.3 is 9.47 Å². The molecule has 1 aromatic heterocycles. The molecule has 0 saturated carbocycles. The van der Waals surface area contributed by atoms with Gasteiger partial charge in [0, 0.05) is 11.8 Å². The lowest BCUT2D eigenvalue weighted by atomic mass is 10.2. The summed E-state index contributed by atoms with van der Waals surface area (Å²) in [6.07, 6.45) is 0. The molecule has 2 heterocycles. The number of aromatic nitrogens is 2. The number of benzene rings is 1. The Hall–Kier alpha value is -2.11. The van der Waals surface area contributed by atoms with Crippen LogP contribution < -0.4 is 9.47 Å². The van der Waals surface area contributed by atoms with Crippen molar-refractivity contribution >= 4 is 0 Å². The lowest BCUT2D eigenvalue weighted by Crippen LogP contribution is -2.35. The molecule has 0 spiro atoms. The summed E-state index contributed by atoms with van der Waals surface area (Å²) in [5.74, 6) is 0.357. The minimum absolute atomic E-state index is 0.171. The van der Waals surface area contributed by atoms with Crippen LogP contribution in [0.1, 0.15) is 11.4 Å². The average molecular weight is 266 g/mol. The van der Waals surface area contributed by atoms with Crippen molar-refractivity contribution in [1.29, 1.82) is 0 Å². The monoisotopic (exact) mass is 266 g/mol. The summed E-state index contributed by atoms with van der Waals surface area (Å²) < 4.78 is 37.4. The maximum atomic E-state index is 13.6. The van der Waals surface area contributed by atoms with E-state index in [1.165, 1.54) is 6.07 Å². The first-order valence-corrected chi connectivity index (χ1v) is 5.81. The number of halogens is 2. The smallest absolute Gasteiger partial charge is 0.421 e. The Morgan fingerprint density at radius 1 is 1.21 bits per heavy atom. The van der Waals surface area contributed by atoms with Crippen LogP contribution >= 0.6 is 0 Å². The summed E-state index contributed by atoms with van der Waals surface area (Å²) in [5, 5.41) is 4.31. The number of hydrogen-bond donors (Lipinski definition) is 0. The number of aryl methyl sites for hydroxylation is 2. The molecular weight excluding hydrogens is 254 g/mol. The van der Waals surface area contributed by atoms with Crippen LogP contribution in [0.5, 0.6) is 11.5 Å². The molecule has 0 fully saturated rings. The molecule has 2 aromatic rings. The highest BCUT2D eigenvalue weighted by atomic mass is 19.2. The third-order valence-electron chi connectivity index (χ3n) is 2.87. The van der Waals surface area contributed by atoms with Gasteiger partial charge in [0.25, 0.3) is 0 Å². The SMILES string of the molecule is Cc1cc(C)n(-c2ccc3c(c2)OC(F)(CF)O3)n1. The van der Waals surface area contributed by atoms with E-state index < -0.39 is 12.7 Å². The maximum Gasteiger partial charge on any atom is 0.437 e. The van der Waals surface area contributed by atoms with E-state index in [4.69, 9.17) is 9.47 Å². The number of alkyl halides is 2. The van der Waals surface area contributed by atoms with E-state index >= 15 is 0 Å². The summed E-state index contributed by atoms with van der Waals surface area (Å²) >= 11 is 0. The third-order valence-corrected chi connectivity index (χ3v) is 2.87. The molecule has 0 saturated heterocycles. The quantitative estimate of drug-likeness (QED) is 0.838. The molecule has 0 N–H and O–H groups in total. The van der Waals surface area contributed by atoms with Crippen LogP contribution in [-0.2, 0) is 0 Å². The summed E-state index contributed by atoms with van der Waals surface area (Å²) in [7, 11) is 0. The highest BCUT2D eigenvalue weighted by molar-refractivity contribution is 5.51. The second kappa shape index (κ2) is 3.94. The van der Waals surface area contributed by atoms with Gasteiger partial charge in [-0.2, -0.15) is 9.49 Å². The molecule has 100 valence electrons. The first-order valence-electron chi connectivity index (χ1n) is 5.81. The fourth-order valence-electron chi connectivity index (χ4n) is 2.09. The number of fused-ring (bicyclic) bond motifs is 1. The molecule has 19 heavy (non-hydrogen) atoms. The van der Waals surface area contributed by atoms with Gasteiger partial charge in [0.2, 0.25) is 6.67 Å². The number of ether oxygens (including phenoxy) is 2. The second-order valence-electron chi connectivity index (χ2n) is 4.47. The molecule has 3 rings (SSSR count). The van der Waals surface area contributed by atoms with Crippen LogP contribution in [0.2, 0.25) is 0 Å². The average Bonchev–Trinajstić information content (AvgIpc) is 2.88. The Morgan fingerprint density at radius 3 is 2.58 bits per heavy atom. The Labute approximate surface area is 108 Å². The van der Waals surface area contributed by atoms with Crippen LogP contribution in [0.15, 0.2) is 24.3 Å². The van der Waals surface area contributed by atoms with E-state index in [-0.39, 0.29) is 11.5 Å². The predicted molar refractivity (Wildman–Crippen MR) is 64.1 cm³/mol. The van der Waals surface area contributed by atoms with Crippen molar-refractivity contribution in [2.24, 2.45) is 0 Å². The van der Waals surface area contributed by atoms with Crippen molar-refractivity contribution < 1.29 is 18.3 Å². The Balaban J connectivity index is 2.01. The number of rotatable bonds is 2. The van der Waals surface area contributed by atoms with Gasteiger partial charge in [0.15, 0.2) is 11.5 Å². The summed E-state index contributed by atoms with van der Waals surface area (Å²) in [5.41, 5.74) is 2.52. The molecule has 1 aliphatic rings. The van der Waals surface area contributed by atoms with Crippen LogP contribution in [0.4, 0.5) is 8.78 Å². The fourth-order valence-corrected chi connectivity index (χ4v) is 2.09. The molecule has 4 nitrogen and oxygen atoms in total. The summed E-state index contributed by atoms with van der Waals surface area (Å²) in [6.45, 7) is 2.43. The molecule has 0 aliphatic carbocycles. The Kier molecular flexibility index (Phi) is 2.48. The van der Waals surface area contributed by atoms with Crippen LogP contribution in [0.3, 0.4) is 0 Å². The van der Waals surface area contributed by atoms with E-state index in [2.05, 4.69) is 5.10 Å². The standard InChI is InChI=1S/C13H12F2N2O2/c1-8-5-9(2)17(16-8)10-3-4-11-12(6-10)19-13(15,7-14)18-11/h3-6H,7H2,1-2H3. The van der Waals surface area contributed by atoms with Crippen LogP contribution in [0, 0.1) is 13.8 Å². The van der Waals surface area contributed by atoms with Crippen LogP contribution in [0.25, 0.3) is 5.69 Å². The van der Waals surface area contributed by atoms with Crippen molar-refractivity contribution in [2.75, 3.05) is 6.67 Å². The summed E-state index contributed by atoms with van der Waals surface area (Å²) in [4.78, 5) is 0. The van der Waals surface area contributed by atoms with Gasteiger partial charge in [-0.25, -0.2) is 9.07 Å². The number of hydrogen-bond acceptors (Lipinski definition) is 3. The minimum Gasteiger partial charge on any atom is -0.421 e. The van der Waals surface area contributed by atoms with Crippen LogP contribution in [-0.4, -0.2) is 22.5 Å². The Bertz CT molecular complexity index is 642. The van der Waals surface area contributed by atoms with Crippen molar-refractivity contribution in [3.8, 4) is 17.2 Å². The topological polar surface area (TPSA) is 36.3 Å².